The second-order valence-corrected chi connectivity index (χ2v) is 11.3. The first-order valence-corrected chi connectivity index (χ1v) is 13.7. The Kier molecular flexibility index (Phi) is 8.19. The number of amides is 1. The zero-order valence-electron chi connectivity index (χ0n) is 20.4. The highest BCUT2D eigenvalue weighted by Crippen LogP contribution is 2.40. The SMILES string of the molecule is CC(C)(C)OC(=O)Nc1cccc(C(c2ncc(Cl)cc2N(c2cc3ccccc3o2)S(=O)[O-])S(=O)[O-])c1. The van der Waals surface area contributed by atoms with Crippen LogP contribution in [0.1, 0.15) is 37.3 Å². The number of hydrogen-bond acceptors (Lipinski definition) is 8. The zero-order chi connectivity index (χ0) is 27.6. The van der Waals surface area contributed by atoms with E-state index in [9.17, 15) is 22.3 Å². The van der Waals surface area contributed by atoms with Gasteiger partial charge in [0.15, 0.2) is 0 Å². The summed E-state index contributed by atoms with van der Waals surface area (Å²) < 4.78 is 61.8. The minimum atomic E-state index is -2.94. The van der Waals surface area contributed by atoms with Gasteiger partial charge in [-0.05, 0) is 61.7 Å². The fourth-order valence-corrected chi connectivity index (χ4v) is 5.13. The maximum atomic E-state index is 12.5. The molecule has 2 aromatic heterocycles. The quantitative estimate of drug-likeness (QED) is 0.275. The summed E-state index contributed by atoms with van der Waals surface area (Å²) >= 11 is 0.401. The Balaban J connectivity index is 1.80. The Bertz CT molecular complexity index is 1500. The summed E-state index contributed by atoms with van der Waals surface area (Å²) in [5.41, 5.74) is -0.0732. The maximum Gasteiger partial charge on any atom is 0.412 e. The number of pyridine rings is 1. The normalized spacial score (nSPS) is 14.1. The molecule has 2 heterocycles. The van der Waals surface area contributed by atoms with E-state index < -0.39 is 39.3 Å². The molecule has 0 bridgehead atoms. The van der Waals surface area contributed by atoms with E-state index in [2.05, 4.69) is 10.3 Å². The molecular formula is C25H22ClN3O7S2-2. The van der Waals surface area contributed by atoms with Crippen LogP contribution in [-0.2, 0) is 27.1 Å². The maximum absolute atomic E-state index is 12.5. The summed E-state index contributed by atoms with van der Waals surface area (Å²) in [6, 6.07) is 15.7. The van der Waals surface area contributed by atoms with Crippen molar-refractivity contribution in [3.8, 4) is 0 Å². The van der Waals surface area contributed by atoms with Crippen LogP contribution in [0.5, 0.6) is 0 Å². The summed E-state index contributed by atoms with van der Waals surface area (Å²) in [6.07, 6.45) is 0.491. The van der Waals surface area contributed by atoms with Gasteiger partial charge in [0, 0.05) is 23.3 Å². The lowest BCUT2D eigenvalue weighted by Crippen LogP contribution is -2.27. The molecule has 13 heteroatoms. The fourth-order valence-electron chi connectivity index (χ4n) is 3.71. The highest BCUT2D eigenvalue weighted by atomic mass is 35.5. The molecule has 0 aliphatic heterocycles. The first-order chi connectivity index (χ1) is 17.9. The average Bonchev–Trinajstić information content (AvgIpc) is 3.22. The molecule has 200 valence electrons. The van der Waals surface area contributed by atoms with Crippen molar-refractivity contribution < 1.29 is 31.5 Å². The van der Waals surface area contributed by atoms with Crippen LogP contribution >= 0.6 is 11.6 Å². The monoisotopic (exact) mass is 575 g/mol. The lowest BCUT2D eigenvalue weighted by atomic mass is 10.1. The minimum absolute atomic E-state index is 0.0751. The first kappa shape index (κ1) is 27.7. The number of ether oxygens (including phenoxy) is 1. The smallest absolute Gasteiger partial charge is 0.412 e. The molecule has 0 radical (unpaired) electrons. The van der Waals surface area contributed by atoms with E-state index in [4.69, 9.17) is 20.8 Å². The second-order valence-electron chi connectivity index (χ2n) is 9.08. The van der Waals surface area contributed by atoms with Crippen LogP contribution in [0.3, 0.4) is 0 Å². The number of anilines is 3. The standard InChI is InChI=1S/C25H24ClN3O7S2/c1-25(2,3)36-24(30)28-18-9-6-8-16(11-18)23(37(31)32)22-19(13-17(26)14-27-22)29(38(33)34)21-12-15-7-4-5-10-20(15)35-21/h4-14,23H,1-3H3,(H,28,30)(H,31,32)(H,33,34)/p-2. The van der Waals surface area contributed by atoms with Crippen LogP contribution in [0.25, 0.3) is 11.0 Å². The van der Waals surface area contributed by atoms with Crippen molar-refractivity contribution in [3.63, 3.8) is 0 Å². The molecule has 3 atom stereocenters. The molecule has 4 aromatic rings. The van der Waals surface area contributed by atoms with Gasteiger partial charge in [-0.3, -0.25) is 18.7 Å². The third-order valence-corrected chi connectivity index (χ3v) is 6.88. The number of furan rings is 1. The van der Waals surface area contributed by atoms with E-state index in [0.717, 1.165) is 4.31 Å². The minimum Gasteiger partial charge on any atom is -0.772 e. The first-order valence-electron chi connectivity index (χ1n) is 11.1. The van der Waals surface area contributed by atoms with Crippen molar-refractivity contribution in [2.24, 2.45) is 0 Å². The van der Waals surface area contributed by atoms with Gasteiger partial charge in [0.05, 0.1) is 32.9 Å². The molecule has 1 amide bonds. The molecule has 10 nitrogen and oxygen atoms in total. The number of nitrogens with one attached hydrogen (secondary N) is 1. The molecule has 0 fully saturated rings. The molecule has 38 heavy (non-hydrogen) atoms. The number of hydrogen-bond donors (Lipinski definition) is 1. The Morgan fingerprint density at radius 1 is 1.11 bits per heavy atom. The van der Waals surface area contributed by atoms with Crippen molar-refractivity contribution >= 4 is 68.3 Å². The number of benzene rings is 2. The topological polar surface area (TPSA) is 148 Å². The highest BCUT2D eigenvalue weighted by Gasteiger charge is 2.27. The lowest BCUT2D eigenvalue weighted by Gasteiger charge is -2.29. The Morgan fingerprint density at radius 2 is 1.84 bits per heavy atom. The largest absolute Gasteiger partial charge is 0.772 e. The van der Waals surface area contributed by atoms with Gasteiger partial charge in [0.1, 0.15) is 11.2 Å². The Morgan fingerprint density at radius 3 is 2.50 bits per heavy atom. The molecule has 4 rings (SSSR count). The van der Waals surface area contributed by atoms with Crippen LogP contribution in [-0.4, -0.2) is 34.2 Å². The molecule has 0 aliphatic rings. The molecule has 2 aromatic carbocycles. The van der Waals surface area contributed by atoms with Crippen LogP contribution in [0.4, 0.5) is 22.1 Å². The predicted molar refractivity (Wildman–Crippen MR) is 144 cm³/mol. The van der Waals surface area contributed by atoms with Crippen molar-refractivity contribution in [2.75, 3.05) is 9.62 Å². The molecular weight excluding hydrogens is 554 g/mol. The van der Waals surface area contributed by atoms with Gasteiger partial charge in [-0.25, -0.2) is 9.10 Å². The lowest BCUT2D eigenvalue weighted by molar-refractivity contribution is 0.0636. The number of nitrogens with zero attached hydrogens (tertiary/aromatic N) is 2. The molecule has 0 aliphatic carbocycles. The summed E-state index contributed by atoms with van der Waals surface area (Å²) in [6.45, 7) is 5.13. The van der Waals surface area contributed by atoms with E-state index >= 15 is 0 Å². The molecule has 0 saturated carbocycles. The number of carbonyl (C=O) groups excluding carboxylic acids is 1. The van der Waals surface area contributed by atoms with Crippen LogP contribution in [0.2, 0.25) is 5.02 Å². The number of halogens is 1. The predicted octanol–water partition coefficient (Wildman–Crippen LogP) is 5.73. The van der Waals surface area contributed by atoms with Crippen LogP contribution in [0.15, 0.2) is 71.3 Å². The summed E-state index contributed by atoms with van der Waals surface area (Å²) in [5, 5.41) is 1.84. The second kappa shape index (κ2) is 11.2. The molecule has 0 spiro atoms. The van der Waals surface area contributed by atoms with Gasteiger partial charge >= 0.3 is 6.09 Å². The molecule has 1 N–H and O–H groups in total. The van der Waals surface area contributed by atoms with Gasteiger partial charge in [-0.1, -0.05) is 41.9 Å². The molecule has 0 saturated heterocycles. The Hall–Kier alpha value is -3.29. The third kappa shape index (κ3) is 6.40. The summed E-state index contributed by atoms with van der Waals surface area (Å²) in [4.78, 5) is 16.4. The van der Waals surface area contributed by atoms with Crippen molar-refractivity contribution in [1.29, 1.82) is 0 Å². The van der Waals surface area contributed by atoms with E-state index in [-0.39, 0.29) is 33.5 Å². The van der Waals surface area contributed by atoms with E-state index in [0.29, 0.717) is 11.0 Å². The van der Waals surface area contributed by atoms with E-state index in [1.807, 2.05) is 0 Å². The summed E-state index contributed by atoms with van der Waals surface area (Å²) in [5.74, 6) is -0.0828. The highest BCUT2D eigenvalue weighted by molar-refractivity contribution is 7.81. The number of rotatable bonds is 7. The number of aromatic nitrogens is 1. The van der Waals surface area contributed by atoms with E-state index in [1.165, 1.54) is 30.5 Å². The molecule has 3 unspecified atom stereocenters. The zero-order valence-corrected chi connectivity index (χ0v) is 22.8. The number of para-hydroxylation sites is 1. The van der Waals surface area contributed by atoms with Crippen LogP contribution < -0.4 is 9.62 Å². The number of fused-ring (bicyclic) bond motifs is 1. The third-order valence-electron chi connectivity index (χ3n) is 5.12. The van der Waals surface area contributed by atoms with Gasteiger partial charge < -0.3 is 18.3 Å². The Labute approximate surface area is 228 Å². The van der Waals surface area contributed by atoms with Crippen molar-refractivity contribution in [1.82, 2.24) is 4.98 Å². The van der Waals surface area contributed by atoms with Crippen molar-refractivity contribution in [2.45, 2.75) is 31.6 Å². The van der Waals surface area contributed by atoms with Gasteiger partial charge in [0.25, 0.3) is 0 Å². The van der Waals surface area contributed by atoms with Crippen LogP contribution in [0, 0.1) is 0 Å². The van der Waals surface area contributed by atoms with Gasteiger partial charge in [-0.2, -0.15) is 0 Å². The van der Waals surface area contributed by atoms with Crippen molar-refractivity contribution in [3.05, 3.63) is 83.1 Å². The van der Waals surface area contributed by atoms with Gasteiger partial charge in [0.2, 0.25) is 5.88 Å². The number of carbonyl (C=O) groups is 1. The van der Waals surface area contributed by atoms with Gasteiger partial charge in [-0.15, -0.1) is 0 Å². The fraction of sp³-hybridized carbons (Fsp3) is 0.200. The average molecular weight is 576 g/mol. The summed E-state index contributed by atoms with van der Waals surface area (Å²) in [7, 11) is 0. The van der Waals surface area contributed by atoms with E-state index in [1.54, 1.807) is 57.2 Å².